The summed E-state index contributed by atoms with van der Waals surface area (Å²) in [5.41, 5.74) is 0.788. The van der Waals surface area contributed by atoms with E-state index in [1.165, 1.54) is 12.1 Å². The number of ether oxygens (including phenoxy) is 1. The minimum atomic E-state index is -0.553. The van der Waals surface area contributed by atoms with Crippen LogP contribution in [-0.4, -0.2) is 36.0 Å². The van der Waals surface area contributed by atoms with Crippen molar-refractivity contribution in [1.29, 1.82) is 0 Å². The molecular weight excluding hydrogens is 343 g/mol. The summed E-state index contributed by atoms with van der Waals surface area (Å²) in [4.78, 5) is 15.0. The smallest absolute Gasteiger partial charge is 0.263 e. The van der Waals surface area contributed by atoms with Crippen LogP contribution in [0.1, 0.15) is 33.2 Å². The van der Waals surface area contributed by atoms with Gasteiger partial charge in [0.1, 0.15) is 11.6 Å². The monoisotopic (exact) mass is 372 g/mol. The zero-order valence-electron chi connectivity index (χ0n) is 15.7. The fourth-order valence-corrected chi connectivity index (χ4v) is 3.44. The molecule has 0 aliphatic carbocycles. The molecule has 1 saturated heterocycles. The van der Waals surface area contributed by atoms with E-state index in [0.717, 1.165) is 24.9 Å². The number of para-hydroxylation sites is 1. The summed E-state index contributed by atoms with van der Waals surface area (Å²) >= 11 is 0. The van der Waals surface area contributed by atoms with Crippen molar-refractivity contribution < 1.29 is 15.3 Å². The van der Waals surface area contributed by atoms with Crippen molar-refractivity contribution in [1.82, 2.24) is 10.2 Å². The number of carbonyl (C=O) groups is 1. The third-order valence-corrected chi connectivity index (χ3v) is 4.85. The van der Waals surface area contributed by atoms with E-state index in [9.17, 15) is 9.18 Å². The second kappa shape index (κ2) is 9.51. The number of carbonyl (C=O) groups excluding carboxylic acids is 1. The van der Waals surface area contributed by atoms with Gasteiger partial charge in [-0.1, -0.05) is 37.3 Å². The van der Waals surface area contributed by atoms with Gasteiger partial charge in [-0.25, -0.2) is 4.39 Å². The van der Waals surface area contributed by atoms with Gasteiger partial charge in [0.05, 0.1) is 0 Å². The fraction of sp³-hybridized carbons (Fsp3) is 0.409. The van der Waals surface area contributed by atoms with Gasteiger partial charge in [0.2, 0.25) is 0 Å². The predicted molar refractivity (Wildman–Crippen MR) is 106 cm³/mol. The van der Waals surface area contributed by atoms with E-state index in [0.29, 0.717) is 25.3 Å². The molecule has 1 aliphatic rings. The molecule has 1 aliphatic heterocycles. The van der Waals surface area contributed by atoms with E-state index in [4.69, 9.17) is 4.74 Å². The highest BCUT2D eigenvalue weighted by molar-refractivity contribution is 5.81. The Kier molecular flexibility index (Phi) is 6.82. The Morgan fingerprint density at radius 1 is 1.30 bits per heavy atom. The van der Waals surface area contributed by atoms with Gasteiger partial charge in [-0.05, 0) is 55.6 Å². The molecular formula is C22H29FN2O2. The number of hydrogen-bond donors (Lipinski definition) is 1. The van der Waals surface area contributed by atoms with Crippen LogP contribution in [0.2, 0.25) is 0 Å². The maximum Gasteiger partial charge on any atom is 0.263 e. The van der Waals surface area contributed by atoms with Crippen LogP contribution in [0.25, 0.3) is 0 Å². The van der Waals surface area contributed by atoms with Crippen LogP contribution in [0.5, 0.6) is 5.75 Å². The summed E-state index contributed by atoms with van der Waals surface area (Å²) in [6.07, 6.45) is 2.18. The molecule has 1 fully saturated rings. The van der Waals surface area contributed by atoms with Gasteiger partial charge >= 0.3 is 0 Å². The molecule has 2 aromatic rings. The van der Waals surface area contributed by atoms with E-state index in [1.54, 1.807) is 11.0 Å². The topological polar surface area (TPSA) is 41.6 Å². The Bertz CT molecular complexity index is 738. The van der Waals surface area contributed by atoms with Gasteiger partial charge in [-0.15, -0.1) is 0 Å². The lowest BCUT2D eigenvalue weighted by molar-refractivity contribution is -0.139. The van der Waals surface area contributed by atoms with E-state index >= 15 is 0 Å². The summed E-state index contributed by atoms with van der Waals surface area (Å²) < 4.78 is 19.5. The second-order valence-corrected chi connectivity index (χ2v) is 6.97. The zero-order valence-corrected chi connectivity index (χ0v) is 15.7. The SMILES string of the molecule is CCC(Oc1ccccc1)C(=O)N(Cc1cccc(F)c1)CC1CCCN1.[HH]. The van der Waals surface area contributed by atoms with Crippen molar-refractivity contribution in [2.45, 2.75) is 44.9 Å². The first kappa shape index (κ1) is 19.4. The number of rotatable bonds is 8. The molecule has 1 amide bonds. The first-order valence-electron chi connectivity index (χ1n) is 9.64. The average Bonchev–Trinajstić information content (AvgIpc) is 3.19. The third-order valence-electron chi connectivity index (χ3n) is 4.85. The number of hydrogen-bond acceptors (Lipinski definition) is 3. The molecule has 1 heterocycles. The molecule has 0 aromatic heterocycles. The van der Waals surface area contributed by atoms with Crippen LogP contribution < -0.4 is 10.1 Å². The van der Waals surface area contributed by atoms with E-state index in [1.807, 2.05) is 43.3 Å². The Balaban J connectivity index is 0.00000280. The summed E-state index contributed by atoms with van der Waals surface area (Å²) in [6, 6.07) is 16.1. The van der Waals surface area contributed by atoms with E-state index < -0.39 is 6.10 Å². The molecule has 1 N–H and O–H groups in total. The normalized spacial score (nSPS) is 17.5. The highest BCUT2D eigenvalue weighted by Gasteiger charge is 2.28. The van der Waals surface area contributed by atoms with Crippen LogP contribution >= 0.6 is 0 Å². The van der Waals surface area contributed by atoms with Crippen molar-refractivity contribution in [3.8, 4) is 5.75 Å². The lowest BCUT2D eigenvalue weighted by atomic mass is 10.1. The summed E-state index contributed by atoms with van der Waals surface area (Å²) in [6.45, 7) is 3.90. The Labute approximate surface area is 161 Å². The molecule has 2 aromatic carbocycles. The summed E-state index contributed by atoms with van der Waals surface area (Å²) in [5, 5.41) is 3.44. The van der Waals surface area contributed by atoms with Crippen molar-refractivity contribution in [3.63, 3.8) is 0 Å². The Morgan fingerprint density at radius 3 is 2.78 bits per heavy atom. The van der Waals surface area contributed by atoms with Crippen LogP contribution in [-0.2, 0) is 11.3 Å². The molecule has 0 radical (unpaired) electrons. The highest BCUT2D eigenvalue weighted by Crippen LogP contribution is 2.17. The van der Waals surface area contributed by atoms with Crippen molar-refractivity contribution in [2.75, 3.05) is 13.1 Å². The number of nitrogens with one attached hydrogen (secondary N) is 1. The lowest BCUT2D eigenvalue weighted by Crippen LogP contribution is -2.46. The van der Waals surface area contributed by atoms with Crippen LogP contribution in [0, 0.1) is 5.82 Å². The van der Waals surface area contributed by atoms with Gasteiger partial charge in [0.25, 0.3) is 5.91 Å². The first-order valence-corrected chi connectivity index (χ1v) is 9.64. The quantitative estimate of drug-likeness (QED) is 0.761. The molecule has 3 rings (SSSR count). The lowest BCUT2D eigenvalue weighted by Gasteiger charge is -2.29. The maximum atomic E-state index is 13.6. The van der Waals surface area contributed by atoms with Crippen molar-refractivity contribution in [3.05, 3.63) is 66.0 Å². The van der Waals surface area contributed by atoms with E-state index in [-0.39, 0.29) is 19.2 Å². The molecule has 4 nitrogen and oxygen atoms in total. The van der Waals surface area contributed by atoms with Crippen molar-refractivity contribution >= 4 is 5.91 Å². The van der Waals surface area contributed by atoms with Gasteiger partial charge in [-0.3, -0.25) is 4.79 Å². The molecule has 2 unspecified atom stereocenters. The zero-order chi connectivity index (χ0) is 19.1. The van der Waals surface area contributed by atoms with Crippen molar-refractivity contribution in [2.24, 2.45) is 0 Å². The Morgan fingerprint density at radius 2 is 2.11 bits per heavy atom. The molecule has 5 heteroatoms. The summed E-state index contributed by atoms with van der Waals surface area (Å²) in [5.74, 6) is 0.341. The summed E-state index contributed by atoms with van der Waals surface area (Å²) in [7, 11) is 0. The fourth-order valence-electron chi connectivity index (χ4n) is 3.44. The third kappa shape index (κ3) is 5.54. The predicted octanol–water partition coefficient (Wildman–Crippen LogP) is 4.01. The average molecular weight is 372 g/mol. The van der Waals surface area contributed by atoms with Crippen LogP contribution in [0.3, 0.4) is 0 Å². The minimum Gasteiger partial charge on any atom is -0.481 e. The van der Waals surface area contributed by atoms with Gasteiger partial charge in [0, 0.05) is 20.6 Å². The van der Waals surface area contributed by atoms with E-state index in [2.05, 4.69) is 5.32 Å². The first-order chi connectivity index (χ1) is 13.2. The van der Waals surface area contributed by atoms with Gasteiger partial charge < -0.3 is 15.0 Å². The second-order valence-electron chi connectivity index (χ2n) is 6.97. The van der Waals surface area contributed by atoms with Crippen LogP contribution in [0.4, 0.5) is 4.39 Å². The molecule has 0 spiro atoms. The molecule has 146 valence electrons. The molecule has 2 atom stereocenters. The standard InChI is InChI=1S/C22H27FN2O2.H2/c1-2-21(27-20-11-4-3-5-12-20)22(26)25(16-19-10-7-13-24-19)15-17-8-6-9-18(23)14-17;/h3-6,8-9,11-12,14,19,21,24H,2,7,10,13,15-16H2,1H3;1H. The minimum absolute atomic E-state index is 0. The number of nitrogens with zero attached hydrogens (tertiary/aromatic N) is 1. The highest BCUT2D eigenvalue weighted by atomic mass is 19.1. The number of halogens is 1. The van der Waals surface area contributed by atoms with Gasteiger partial charge in [-0.2, -0.15) is 0 Å². The van der Waals surface area contributed by atoms with Crippen LogP contribution in [0.15, 0.2) is 54.6 Å². The maximum absolute atomic E-state index is 13.6. The number of benzene rings is 2. The largest absolute Gasteiger partial charge is 0.481 e. The van der Waals surface area contributed by atoms with Gasteiger partial charge in [0.15, 0.2) is 6.10 Å². The Hall–Kier alpha value is -2.40. The molecule has 0 bridgehead atoms. The molecule has 27 heavy (non-hydrogen) atoms. The number of amides is 1. The molecule has 0 saturated carbocycles.